The molecule has 7 atom stereocenters. The van der Waals surface area contributed by atoms with Gasteiger partial charge in [0.25, 0.3) is 0 Å². The van der Waals surface area contributed by atoms with Gasteiger partial charge in [0, 0.05) is 28.4 Å². The number of carbonyl (C=O) groups is 1. The third kappa shape index (κ3) is 10.7. The van der Waals surface area contributed by atoms with Gasteiger partial charge in [-0.2, -0.15) is 0 Å². The van der Waals surface area contributed by atoms with Gasteiger partial charge in [-0.25, -0.2) is 4.79 Å². The maximum Gasteiger partial charge on any atom is 0.330 e. The van der Waals surface area contributed by atoms with Crippen molar-refractivity contribution in [3.05, 3.63) is 72.4 Å². The molecule has 3 aliphatic heterocycles. The van der Waals surface area contributed by atoms with Crippen LogP contribution in [0.5, 0.6) is 0 Å². The zero-order valence-electron chi connectivity index (χ0n) is 21.8. The molecule has 0 amide bonds. The van der Waals surface area contributed by atoms with Crippen LogP contribution in [0.4, 0.5) is 0 Å². The first-order chi connectivity index (χ1) is 17.4. The highest BCUT2D eigenvalue weighted by Gasteiger charge is 2.21. The number of hydrogen-bond acceptors (Lipinski definition) is 5. The van der Waals surface area contributed by atoms with E-state index in [1.165, 1.54) is 17.2 Å². The minimum absolute atomic E-state index is 0.00774. The van der Waals surface area contributed by atoms with Crippen molar-refractivity contribution in [3.63, 3.8) is 0 Å². The Kier molecular flexibility index (Phi) is 12.4. The summed E-state index contributed by atoms with van der Waals surface area (Å²) in [5.41, 5.74) is 2.52. The predicted octanol–water partition coefficient (Wildman–Crippen LogP) is 6.74. The van der Waals surface area contributed by atoms with E-state index in [-0.39, 0.29) is 36.5 Å². The Morgan fingerprint density at radius 1 is 1.14 bits per heavy atom. The lowest BCUT2D eigenvalue weighted by molar-refractivity contribution is -0.142. The van der Waals surface area contributed by atoms with E-state index in [0.29, 0.717) is 31.8 Å². The molecule has 3 aliphatic rings. The van der Waals surface area contributed by atoms with Gasteiger partial charge < -0.3 is 18.7 Å². The molecule has 1 unspecified atom stereocenters. The van der Waals surface area contributed by atoms with Gasteiger partial charge in [0.05, 0.1) is 31.0 Å². The molecule has 0 aliphatic carbocycles. The fourth-order valence-corrected chi connectivity index (χ4v) is 5.11. The molecule has 0 saturated carbocycles. The highest BCUT2D eigenvalue weighted by atomic mass is 31.0. The van der Waals surface area contributed by atoms with Crippen molar-refractivity contribution in [2.45, 2.75) is 95.7 Å². The summed E-state index contributed by atoms with van der Waals surface area (Å²) >= 11 is 0. The SMILES string of the molecule is C=C1C[C@H](C)C[C@@H]2CC=C[C@@H](CC=CC(=O)O[C@H](CC=C[C@@H]3CC(C)=CCO3)CC=C[C@@H](OP)C1)O2. The van der Waals surface area contributed by atoms with Crippen LogP contribution in [0, 0.1) is 5.92 Å². The van der Waals surface area contributed by atoms with Gasteiger partial charge in [0.1, 0.15) is 6.10 Å². The van der Waals surface area contributed by atoms with Crippen LogP contribution < -0.4 is 0 Å². The molecule has 0 radical (unpaired) electrons. The van der Waals surface area contributed by atoms with Gasteiger partial charge in [-0.15, -0.1) is 0 Å². The third-order valence-electron chi connectivity index (χ3n) is 6.75. The molecule has 0 saturated heterocycles. The van der Waals surface area contributed by atoms with Crippen LogP contribution in [-0.2, 0) is 23.5 Å². The van der Waals surface area contributed by atoms with E-state index in [2.05, 4.69) is 66.3 Å². The molecule has 0 fully saturated rings. The lowest BCUT2D eigenvalue weighted by Gasteiger charge is -2.28. The van der Waals surface area contributed by atoms with Crippen LogP contribution in [0.2, 0.25) is 0 Å². The number of fused-ring (bicyclic) bond motifs is 2. The Bertz CT molecular complexity index is 871. The first-order valence-electron chi connectivity index (χ1n) is 13.2. The van der Waals surface area contributed by atoms with E-state index in [1.54, 1.807) is 0 Å². The molecule has 36 heavy (non-hydrogen) atoms. The number of ether oxygens (including phenoxy) is 3. The minimum Gasteiger partial charge on any atom is -0.459 e. The second-order valence-corrected chi connectivity index (χ2v) is 10.6. The van der Waals surface area contributed by atoms with Crippen molar-refractivity contribution in [1.82, 2.24) is 0 Å². The summed E-state index contributed by atoms with van der Waals surface area (Å²) < 4.78 is 23.5. The number of hydrogen-bond donors (Lipinski definition) is 0. The van der Waals surface area contributed by atoms with E-state index in [1.807, 2.05) is 12.2 Å². The Morgan fingerprint density at radius 2 is 1.97 bits per heavy atom. The predicted molar refractivity (Wildman–Crippen MR) is 148 cm³/mol. The molecule has 0 spiro atoms. The average molecular weight is 515 g/mol. The third-order valence-corrected chi connectivity index (χ3v) is 7.10. The van der Waals surface area contributed by atoms with E-state index in [0.717, 1.165) is 32.1 Å². The van der Waals surface area contributed by atoms with Crippen molar-refractivity contribution >= 4 is 15.4 Å². The second-order valence-electron chi connectivity index (χ2n) is 10.3. The lowest BCUT2D eigenvalue weighted by atomic mass is 9.91. The Balaban J connectivity index is 1.67. The van der Waals surface area contributed by atoms with E-state index < -0.39 is 0 Å². The maximum atomic E-state index is 12.6. The molecule has 3 rings (SSSR count). The zero-order chi connectivity index (χ0) is 25.8. The van der Waals surface area contributed by atoms with Gasteiger partial charge in [-0.1, -0.05) is 73.3 Å². The van der Waals surface area contributed by atoms with Crippen LogP contribution >= 0.6 is 9.47 Å². The highest BCUT2D eigenvalue weighted by Crippen LogP contribution is 2.26. The molecule has 0 aromatic rings. The topological polar surface area (TPSA) is 54.0 Å². The van der Waals surface area contributed by atoms with Crippen LogP contribution in [0.15, 0.2) is 72.4 Å². The van der Waals surface area contributed by atoms with Gasteiger partial charge in [-0.3, -0.25) is 0 Å². The summed E-state index contributed by atoms with van der Waals surface area (Å²) in [6.45, 7) is 9.34. The minimum atomic E-state index is -0.326. The second kappa shape index (κ2) is 15.5. The smallest absolute Gasteiger partial charge is 0.330 e. The Hall–Kier alpha value is -1.78. The first-order valence-corrected chi connectivity index (χ1v) is 13.7. The normalized spacial score (nSPS) is 33.1. The summed E-state index contributed by atoms with van der Waals surface area (Å²) in [7, 11) is 2.37. The van der Waals surface area contributed by atoms with Crippen molar-refractivity contribution in [3.8, 4) is 0 Å². The van der Waals surface area contributed by atoms with Crippen LogP contribution in [0.3, 0.4) is 0 Å². The number of rotatable bonds is 4. The number of carbonyl (C=O) groups excluding carboxylic acids is 1. The number of esters is 1. The molecule has 2 bridgehead atoms. The maximum absolute atomic E-state index is 12.6. The lowest BCUT2D eigenvalue weighted by Crippen LogP contribution is -2.25. The van der Waals surface area contributed by atoms with E-state index in [9.17, 15) is 4.79 Å². The molecule has 0 N–H and O–H groups in total. The van der Waals surface area contributed by atoms with Crippen LogP contribution in [-0.4, -0.2) is 43.1 Å². The molecule has 0 aromatic heterocycles. The standard InChI is InChI=1S/C30H43O5P/c1-22-16-17-32-27(19-22)12-4-9-26-10-6-14-29(35-36)21-24(3)18-23(2)20-28-13-5-8-25(33-28)11-7-15-30(31)34-26/h4-8,12,14-16,23,25-29H,3,9-11,13,17-21,36H2,1-2H3/t23-,25-,26+,27+,28-,29+/m0/s1. The van der Waals surface area contributed by atoms with E-state index in [4.69, 9.17) is 18.7 Å². The fourth-order valence-electron chi connectivity index (χ4n) is 4.93. The van der Waals surface area contributed by atoms with Crippen molar-refractivity contribution in [2.75, 3.05) is 6.61 Å². The van der Waals surface area contributed by atoms with Crippen molar-refractivity contribution in [1.29, 1.82) is 0 Å². The molecule has 198 valence electrons. The molecular formula is C30H43O5P. The van der Waals surface area contributed by atoms with Gasteiger partial charge in [-0.05, 0) is 51.4 Å². The molecule has 0 aromatic carbocycles. The average Bonchev–Trinajstić information content (AvgIpc) is 2.83. The summed E-state index contributed by atoms with van der Waals surface area (Å²) in [4.78, 5) is 12.6. The van der Waals surface area contributed by atoms with Crippen molar-refractivity contribution < 1.29 is 23.5 Å². The first kappa shape index (κ1) is 28.8. The van der Waals surface area contributed by atoms with Gasteiger partial charge >= 0.3 is 5.97 Å². The zero-order valence-corrected chi connectivity index (χ0v) is 23.0. The molecule has 5 nitrogen and oxygen atoms in total. The summed E-state index contributed by atoms with van der Waals surface area (Å²) in [5, 5.41) is 0. The van der Waals surface area contributed by atoms with E-state index >= 15 is 0 Å². The van der Waals surface area contributed by atoms with Crippen molar-refractivity contribution in [2.24, 2.45) is 5.92 Å². The fraction of sp³-hybridized carbons (Fsp3) is 0.567. The van der Waals surface area contributed by atoms with Gasteiger partial charge in [0.2, 0.25) is 0 Å². The van der Waals surface area contributed by atoms with Crippen LogP contribution in [0.1, 0.15) is 65.2 Å². The summed E-state index contributed by atoms with van der Waals surface area (Å²) in [5.74, 6) is 0.157. The largest absolute Gasteiger partial charge is 0.459 e. The molecular weight excluding hydrogens is 471 g/mol. The Labute approximate surface area is 219 Å². The Morgan fingerprint density at radius 3 is 2.78 bits per heavy atom. The summed E-state index contributed by atoms with van der Waals surface area (Å²) in [6, 6.07) is 0. The quantitative estimate of drug-likeness (QED) is 0.236. The molecule has 6 heteroatoms. The van der Waals surface area contributed by atoms with Gasteiger partial charge in [0.15, 0.2) is 0 Å². The van der Waals surface area contributed by atoms with Crippen LogP contribution in [0.25, 0.3) is 0 Å². The summed E-state index contributed by atoms with van der Waals surface area (Å²) in [6.07, 6.45) is 24.4. The number of cyclic esters (lactones) is 1. The molecule has 3 heterocycles. The monoisotopic (exact) mass is 514 g/mol. The highest BCUT2D eigenvalue weighted by molar-refractivity contribution is 7.09.